The molecule has 7 heteroatoms. The van der Waals surface area contributed by atoms with E-state index in [9.17, 15) is 0 Å². The molecular formula is C21H20N6S. The molecule has 0 radical (unpaired) electrons. The number of hydrogen-bond acceptors (Lipinski definition) is 6. The van der Waals surface area contributed by atoms with E-state index in [2.05, 4.69) is 64.2 Å². The molecule has 28 heavy (non-hydrogen) atoms. The Morgan fingerprint density at radius 1 is 1.11 bits per heavy atom. The fourth-order valence-electron chi connectivity index (χ4n) is 2.73. The number of nitrogens with one attached hydrogen (secondary N) is 2. The molecule has 0 aliphatic rings. The molecule has 4 aromatic rings. The van der Waals surface area contributed by atoms with Crippen LogP contribution in [0.25, 0.3) is 22.0 Å². The van der Waals surface area contributed by atoms with Gasteiger partial charge in [-0.2, -0.15) is 5.10 Å². The second kappa shape index (κ2) is 6.98. The van der Waals surface area contributed by atoms with Gasteiger partial charge >= 0.3 is 0 Å². The van der Waals surface area contributed by atoms with Crippen molar-refractivity contribution >= 4 is 39.0 Å². The Balaban J connectivity index is 1.80. The summed E-state index contributed by atoms with van der Waals surface area (Å²) in [5.74, 6) is 7.77. The van der Waals surface area contributed by atoms with Gasteiger partial charge in [0.1, 0.15) is 5.82 Å². The standard InChI is InChI=1S/C21H20N6S/c1-21(2,3)6-4-14-10-15(11-16-18(14)26-27-19(16)22)13-5-7-23-17(12-13)25-20-24-8-9-28-20/h5,7-12H,1-3H3,(H3,22,26,27)(H,23,24,25). The molecule has 0 atom stereocenters. The largest absolute Gasteiger partial charge is 0.382 e. The molecular weight excluding hydrogens is 368 g/mol. The third-order valence-electron chi connectivity index (χ3n) is 4.04. The van der Waals surface area contributed by atoms with Crippen molar-refractivity contribution in [3.8, 4) is 23.0 Å². The number of nitrogen functional groups attached to an aromatic ring is 1. The van der Waals surface area contributed by atoms with E-state index in [0.29, 0.717) is 5.82 Å². The van der Waals surface area contributed by atoms with Crippen molar-refractivity contribution in [1.82, 2.24) is 20.2 Å². The first-order valence-electron chi connectivity index (χ1n) is 8.83. The zero-order valence-electron chi connectivity index (χ0n) is 15.9. The molecule has 0 amide bonds. The van der Waals surface area contributed by atoms with Crippen LogP contribution in [0.5, 0.6) is 0 Å². The molecule has 140 valence electrons. The molecule has 4 N–H and O–H groups in total. The summed E-state index contributed by atoms with van der Waals surface area (Å²) in [5, 5.41) is 14.0. The number of nitrogens with two attached hydrogens (primary N) is 1. The van der Waals surface area contributed by atoms with Crippen LogP contribution in [0.1, 0.15) is 26.3 Å². The average Bonchev–Trinajstić information content (AvgIpc) is 3.29. The third kappa shape index (κ3) is 3.82. The minimum Gasteiger partial charge on any atom is -0.382 e. The first-order valence-corrected chi connectivity index (χ1v) is 9.71. The van der Waals surface area contributed by atoms with Gasteiger partial charge in [-0.15, -0.1) is 11.3 Å². The lowest BCUT2D eigenvalue weighted by Crippen LogP contribution is -1.99. The highest BCUT2D eigenvalue weighted by Crippen LogP contribution is 2.30. The number of rotatable bonds is 3. The summed E-state index contributed by atoms with van der Waals surface area (Å²) in [5.41, 5.74) is 9.71. The predicted molar refractivity (Wildman–Crippen MR) is 115 cm³/mol. The highest BCUT2D eigenvalue weighted by Gasteiger charge is 2.12. The van der Waals surface area contributed by atoms with Crippen molar-refractivity contribution in [1.29, 1.82) is 0 Å². The van der Waals surface area contributed by atoms with Gasteiger partial charge < -0.3 is 11.1 Å². The number of hydrogen-bond donors (Lipinski definition) is 3. The zero-order valence-corrected chi connectivity index (χ0v) is 16.7. The van der Waals surface area contributed by atoms with Crippen LogP contribution in [-0.2, 0) is 0 Å². The Hall–Kier alpha value is -3.37. The number of anilines is 3. The predicted octanol–water partition coefficient (Wildman–Crippen LogP) is 4.80. The SMILES string of the molecule is CC(C)(C)C#Cc1cc(-c2ccnc(Nc3nccs3)c2)cc2c(N)n[nH]c12. The lowest BCUT2D eigenvalue weighted by Gasteiger charge is -2.09. The van der Waals surface area contributed by atoms with E-state index < -0.39 is 0 Å². The number of benzene rings is 1. The Morgan fingerprint density at radius 2 is 1.96 bits per heavy atom. The minimum absolute atomic E-state index is 0.102. The van der Waals surface area contributed by atoms with Gasteiger partial charge in [0.05, 0.1) is 11.1 Å². The summed E-state index contributed by atoms with van der Waals surface area (Å²) >= 11 is 1.53. The molecule has 0 bridgehead atoms. The lowest BCUT2D eigenvalue weighted by molar-refractivity contribution is 0.571. The molecule has 0 aliphatic heterocycles. The average molecular weight is 389 g/mol. The number of aromatic nitrogens is 4. The summed E-state index contributed by atoms with van der Waals surface area (Å²) in [4.78, 5) is 8.63. The molecule has 3 aromatic heterocycles. The van der Waals surface area contributed by atoms with Crippen LogP contribution in [0.15, 0.2) is 42.0 Å². The summed E-state index contributed by atoms with van der Waals surface area (Å²) in [6.07, 6.45) is 3.53. The van der Waals surface area contributed by atoms with E-state index in [1.54, 1.807) is 12.4 Å². The number of thiazole rings is 1. The van der Waals surface area contributed by atoms with Gasteiger partial charge in [0.15, 0.2) is 10.9 Å². The van der Waals surface area contributed by atoms with Crippen molar-refractivity contribution in [2.75, 3.05) is 11.1 Å². The second-order valence-electron chi connectivity index (χ2n) is 7.45. The Labute approximate surface area is 167 Å². The van der Waals surface area contributed by atoms with Gasteiger partial charge in [-0.25, -0.2) is 9.97 Å². The highest BCUT2D eigenvalue weighted by atomic mass is 32.1. The molecule has 0 saturated carbocycles. The zero-order chi connectivity index (χ0) is 19.7. The van der Waals surface area contributed by atoms with Gasteiger partial charge in [0, 0.05) is 28.6 Å². The Bertz CT molecular complexity index is 1190. The van der Waals surface area contributed by atoms with Gasteiger partial charge in [-0.05, 0) is 56.2 Å². The number of pyridine rings is 1. The number of H-pyrrole nitrogens is 1. The fraction of sp³-hybridized carbons (Fsp3) is 0.190. The van der Waals surface area contributed by atoms with Crippen molar-refractivity contribution in [3.63, 3.8) is 0 Å². The van der Waals surface area contributed by atoms with E-state index in [4.69, 9.17) is 5.73 Å². The van der Waals surface area contributed by atoms with Gasteiger partial charge in [-0.1, -0.05) is 11.8 Å². The van der Waals surface area contributed by atoms with Crippen molar-refractivity contribution < 1.29 is 0 Å². The van der Waals surface area contributed by atoms with Gasteiger partial charge in [0.2, 0.25) is 0 Å². The van der Waals surface area contributed by atoms with Gasteiger partial charge in [-0.3, -0.25) is 5.10 Å². The fourth-order valence-corrected chi connectivity index (χ4v) is 3.27. The van der Waals surface area contributed by atoms with Crippen LogP contribution >= 0.6 is 11.3 Å². The smallest absolute Gasteiger partial charge is 0.188 e. The first-order chi connectivity index (χ1) is 13.4. The first kappa shape index (κ1) is 18.0. The Morgan fingerprint density at radius 3 is 2.71 bits per heavy atom. The molecule has 3 heterocycles. The monoisotopic (exact) mass is 388 g/mol. The maximum absolute atomic E-state index is 6.07. The second-order valence-corrected chi connectivity index (χ2v) is 8.34. The number of aromatic amines is 1. The minimum atomic E-state index is -0.102. The molecule has 0 saturated heterocycles. The summed E-state index contributed by atoms with van der Waals surface area (Å²) in [7, 11) is 0. The normalized spacial score (nSPS) is 11.2. The lowest BCUT2D eigenvalue weighted by atomic mass is 9.96. The topological polar surface area (TPSA) is 92.5 Å². The van der Waals surface area contributed by atoms with Crippen LogP contribution < -0.4 is 11.1 Å². The van der Waals surface area contributed by atoms with E-state index >= 15 is 0 Å². The van der Waals surface area contributed by atoms with Crippen LogP contribution in [0, 0.1) is 17.3 Å². The van der Waals surface area contributed by atoms with E-state index in [-0.39, 0.29) is 5.41 Å². The van der Waals surface area contributed by atoms with E-state index in [1.807, 2.05) is 23.6 Å². The van der Waals surface area contributed by atoms with Crippen molar-refractivity contribution in [3.05, 3.63) is 47.6 Å². The number of fused-ring (bicyclic) bond motifs is 1. The molecule has 1 aromatic carbocycles. The quantitative estimate of drug-likeness (QED) is 0.438. The van der Waals surface area contributed by atoms with Crippen LogP contribution in [-0.4, -0.2) is 20.2 Å². The van der Waals surface area contributed by atoms with Gasteiger partial charge in [0.25, 0.3) is 0 Å². The van der Waals surface area contributed by atoms with Crippen LogP contribution in [0.4, 0.5) is 16.8 Å². The van der Waals surface area contributed by atoms with Crippen molar-refractivity contribution in [2.45, 2.75) is 20.8 Å². The molecule has 0 unspecified atom stereocenters. The third-order valence-corrected chi connectivity index (χ3v) is 4.72. The molecule has 4 rings (SSSR count). The maximum Gasteiger partial charge on any atom is 0.188 e. The number of nitrogens with zero attached hydrogens (tertiary/aromatic N) is 3. The summed E-state index contributed by atoms with van der Waals surface area (Å²) < 4.78 is 0. The molecule has 0 spiro atoms. The van der Waals surface area contributed by atoms with Crippen LogP contribution in [0.2, 0.25) is 0 Å². The molecule has 0 aliphatic carbocycles. The maximum atomic E-state index is 6.07. The van der Waals surface area contributed by atoms with E-state index in [0.717, 1.165) is 38.5 Å². The highest BCUT2D eigenvalue weighted by molar-refractivity contribution is 7.13. The van der Waals surface area contributed by atoms with Crippen LogP contribution in [0.3, 0.4) is 0 Å². The summed E-state index contributed by atoms with van der Waals surface area (Å²) in [6, 6.07) is 8.03. The van der Waals surface area contributed by atoms with Crippen molar-refractivity contribution in [2.24, 2.45) is 5.41 Å². The molecule has 0 fully saturated rings. The van der Waals surface area contributed by atoms with E-state index in [1.165, 1.54) is 11.3 Å². The molecule has 6 nitrogen and oxygen atoms in total. The Kier molecular flexibility index (Phi) is 4.49. The summed E-state index contributed by atoms with van der Waals surface area (Å²) in [6.45, 7) is 6.26.